The average Bonchev–Trinajstić information content (AvgIpc) is 2.54. The zero-order valence-electron chi connectivity index (χ0n) is 13.0. The van der Waals surface area contributed by atoms with Crippen molar-refractivity contribution in [3.63, 3.8) is 0 Å². The van der Waals surface area contributed by atoms with Crippen molar-refractivity contribution in [2.45, 2.75) is 12.5 Å². The lowest BCUT2D eigenvalue weighted by atomic mass is 10.1. The summed E-state index contributed by atoms with van der Waals surface area (Å²) in [6, 6.07) is 9.53. The van der Waals surface area contributed by atoms with E-state index in [4.69, 9.17) is 4.74 Å². The summed E-state index contributed by atoms with van der Waals surface area (Å²) in [6.07, 6.45) is 1.13. The van der Waals surface area contributed by atoms with Crippen LogP contribution in [0, 0.1) is 0 Å². The molecule has 1 atom stereocenters. The Hall–Kier alpha value is -2.21. The molecule has 1 rings (SSSR count). The van der Waals surface area contributed by atoms with Gasteiger partial charge in [-0.05, 0) is 5.56 Å². The minimum Gasteiger partial charge on any atom is -0.366 e. The fourth-order valence-electron chi connectivity index (χ4n) is 1.88. The minimum atomic E-state index is -0.674. The van der Waals surface area contributed by atoms with Crippen molar-refractivity contribution < 1.29 is 19.1 Å². The molecule has 0 saturated heterocycles. The second-order valence-corrected chi connectivity index (χ2v) is 5.02. The Bertz CT molecular complexity index is 478. The molecule has 6 heteroatoms. The molecule has 0 bridgehead atoms. The van der Waals surface area contributed by atoms with Crippen LogP contribution in [0.2, 0.25) is 0 Å². The van der Waals surface area contributed by atoms with Gasteiger partial charge in [0.15, 0.2) is 0 Å². The maximum Gasteiger partial charge on any atom is 0.252 e. The van der Waals surface area contributed by atoms with Crippen LogP contribution in [-0.4, -0.2) is 68.3 Å². The first kappa shape index (κ1) is 17.8. The van der Waals surface area contributed by atoms with Gasteiger partial charge < -0.3 is 19.3 Å². The van der Waals surface area contributed by atoms with Gasteiger partial charge in [0.2, 0.25) is 6.41 Å². The van der Waals surface area contributed by atoms with E-state index < -0.39 is 6.10 Å². The van der Waals surface area contributed by atoms with Gasteiger partial charge in [0.05, 0.1) is 13.2 Å². The maximum absolute atomic E-state index is 12.3. The first-order chi connectivity index (χ1) is 10.6. The molecule has 0 N–H and O–H groups in total. The normalized spacial score (nSPS) is 11.5. The molecule has 6 nitrogen and oxygen atoms in total. The van der Waals surface area contributed by atoms with Crippen LogP contribution in [0.15, 0.2) is 30.3 Å². The highest BCUT2D eigenvalue weighted by Gasteiger charge is 2.23. The number of amides is 2. The standard InChI is InChI=1S/C16H22N2O4/c1-17(13-20)9-11-22-15(16(21)18(2)8-10-19)12-14-6-4-3-5-7-14/h3-7,10,13,15H,8-9,11-12H2,1-2H3. The number of rotatable bonds is 10. The Labute approximate surface area is 130 Å². The summed E-state index contributed by atoms with van der Waals surface area (Å²) in [7, 11) is 3.21. The van der Waals surface area contributed by atoms with Crippen LogP contribution in [0.25, 0.3) is 0 Å². The summed E-state index contributed by atoms with van der Waals surface area (Å²) in [5.41, 5.74) is 0.976. The second kappa shape index (κ2) is 9.68. The van der Waals surface area contributed by atoms with Gasteiger partial charge in [-0.1, -0.05) is 30.3 Å². The molecule has 0 heterocycles. The van der Waals surface area contributed by atoms with E-state index in [0.717, 1.165) is 5.56 Å². The van der Waals surface area contributed by atoms with Crippen LogP contribution in [0.1, 0.15) is 5.56 Å². The van der Waals surface area contributed by atoms with Crippen LogP contribution < -0.4 is 0 Å². The van der Waals surface area contributed by atoms with Gasteiger partial charge in [0.1, 0.15) is 12.4 Å². The van der Waals surface area contributed by atoms with E-state index in [-0.39, 0.29) is 19.1 Å². The zero-order valence-corrected chi connectivity index (χ0v) is 13.0. The Morgan fingerprint density at radius 1 is 1.23 bits per heavy atom. The predicted octanol–water partition coefficient (Wildman–Crippen LogP) is 0.360. The van der Waals surface area contributed by atoms with Crippen molar-refractivity contribution in [2.75, 3.05) is 33.8 Å². The smallest absolute Gasteiger partial charge is 0.252 e. The molecule has 120 valence electrons. The minimum absolute atomic E-state index is 0.0295. The van der Waals surface area contributed by atoms with E-state index in [1.807, 2.05) is 30.3 Å². The molecule has 0 spiro atoms. The molecule has 22 heavy (non-hydrogen) atoms. The number of carbonyl (C=O) groups is 3. The topological polar surface area (TPSA) is 66.9 Å². The van der Waals surface area contributed by atoms with Crippen LogP contribution in [0.4, 0.5) is 0 Å². The Kier molecular flexibility index (Phi) is 7.85. The third kappa shape index (κ3) is 6.05. The number of aldehydes is 1. The molecule has 0 aliphatic heterocycles. The first-order valence-electron chi connectivity index (χ1n) is 7.08. The fourth-order valence-corrected chi connectivity index (χ4v) is 1.88. The summed E-state index contributed by atoms with van der Waals surface area (Å²) in [5.74, 6) is -0.246. The van der Waals surface area contributed by atoms with Crippen molar-refractivity contribution in [3.8, 4) is 0 Å². The van der Waals surface area contributed by atoms with Gasteiger partial charge in [0, 0.05) is 27.1 Å². The molecule has 1 aromatic carbocycles. The molecule has 0 aromatic heterocycles. The highest BCUT2D eigenvalue weighted by Crippen LogP contribution is 2.08. The van der Waals surface area contributed by atoms with Crippen molar-refractivity contribution in [1.82, 2.24) is 9.80 Å². The molecule has 0 fully saturated rings. The molecule has 0 saturated carbocycles. The largest absolute Gasteiger partial charge is 0.366 e. The lowest BCUT2D eigenvalue weighted by Gasteiger charge is -2.23. The number of likely N-dealkylation sites (N-methyl/N-ethyl adjacent to an activating group) is 2. The zero-order chi connectivity index (χ0) is 16.4. The summed E-state index contributed by atoms with van der Waals surface area (Å²) < 4.78 is 5.64. The van der Waals surface area contributed by atoms with E-state index in [1.54, 1.807) is 14.1 Å². The lowest BCUT2D eigenvalue weighted by Crippen LogP contribution is -2.41. The van der Waals surface area contributed by atoms with Gasteiger partial charge >= 0.3 is 0 Å². The Morgan fingerprint density at radius 3 is 2.50 bits per heavy atom. The SMILES string of the molecule is CN(C=O)CCOC(Cc1ccccc1)C(=O)N(C)CC=O. The third-order valence-corrected chi connectivity index (χ3v) is 3.21. The highest BCUT2D eigenvalue weighted by molar-refractivity contribution is 5.82. The second-order valence-electron chi connectivity index (χ2n) is 5.02. The Balaban J connectivity index is 2.69. The van der Waals surface area contributed by atoms with Crippen LogP contribution in [0.5, 0.6) is 0 Å². The molecule has 0 aliphatic rings. The number of ether oxygens (including phenoxy) is 1. The number of benzene rings is 1. The fraction of sp³-hybridized carbons (Fsp3) is 0.438. The quantitative estimate of drug-likeness (QED) is 0.585. The number of nitrogens with zero attached hydrogens (tertiary/aromatic N) is 2. The van der Waals surface area contributed by atoms with Crippen LogP contribution >= 0.6 is 0 Å². The van der Waals surface area contributed by atoms with Gasteiger partial charge in [-0.15, -0.1) is 0 Å². The highest BCUT2D eigenvalue weighted by atomic mass is 16.5. The molecule has 2 amide bonds. The summed E-state index contributed by atoms with van der Waals surface area (Å²) in [5, 5.41) is 0. The van der Waals surface area contributed by atoms with Gasteiger partial charge in [-0.2, -0.15) is 0 Å². The van der Waals surface area contributed by atoms with Crippen LogP contribution in [-0.2, 0) is 25.5 Å². The van der Waals surface area contributed by atoms with E-state index >= 15 is 0 Å². The Morgan fingerprint density at radius 2 is 1.91 bits per heavy atom. The first-order valence-corrected chi connectivity index (χ1v) is 7.08. The number of hydrogen-bond acceptors (Lipinski definition) is 4. The van der Waals surface area contributed by atoms with Gasteiger partial charge in [-0.25, -0.2) is 0 Å². The van der Waals surface area contributed by atoms with E-state index in [1.165, 1.54) is 9.80 Å². The molecular weight excluding hydrogens is 284 g/mol. The average molecular weight is 306 g/mol. The van der Waals surface area contributed by atoms with E-state index in [0.29, 0.717) is 25.7 Å². The summed E-state index contributed by atoms with van der Waals surface area (Å²) in [6.45, 7) is 0.689. The number of carbonyl (C=O) groups excluding carboxylic acids is 3. The third-order valence-electron chi connectivity index (χ3n) is 3.21. The monoisotopic (exact) mass is 306 g/mol. The predicted molar refractivity (Wildman–Crippen MR) is 82.3 cm³/mol. The number of hydrogen-bond donors (Lipinski definition) is 0. The van der Waals surface area contributed by atoms with Gasteiger partial charge in [0.25, 0.3) is 5.91 Å². The van der Waals surface area contributed by atoms with E-state index in [9.17, 15) is 14.4 Å². The molecule has 1 unspecified atom stereocenters. The molecular formula is C16H22N2O4. The van der Waals surface area contributed by atoms with Crippen molar-refractivity contribution >= 4 is 18.6 Å². The summed E-state index contributed by atoms with van der Waals surface area (Å²) >= 11 is 0. The van der Waals surface area contributed by atoms with Crippen molar-refractivity contribution in [1.29, 1.82) is 0 Å². The summed E-state index contributed by atoms with van der Waals surface area (Å²) in [4.78, 5) is 36.2. The maximum atomic E-state index is 12.3. The molecule has 0 radical (unpaired) electrons. The van der Waals surface area contributed by atoms with Crippen LogP contribution in [0.3, 0.4) is 0 Å². The lowest BCUT2D eigenvalue weighted by molar-refractivity contribution is -0.143. The van der Waals surface area contributed by atoms with Crippen molar-refractivity contribution in [3.05, 3.63) is 35.9 Å². The van der Waals surface area contributed by atoms with Crippen molar-refractivity contribution in [2.24, 2.45) is 0 Å². The van der Waals surface area contributed by atoms with E-state index in [2.05, 4.69) is 0 Å². The van der Waals surface area contributed by atoms with Gasteiger partial charge in [-0.3, -0.25) is 9.59 Å². The molecule has 1 aromatic rings. The molecule has 0 aliphatic carbocycles.